The first-order chi connectivity index (χ1) is 15.5. The quantitative estimate of drug-likeness (QED) is 0.618. The zero-order chi connectivity index (χ0) is 22.5. The van der Waals surface area contributed by atoms with Gasteiger partial charge >= 0.3 is 0 Å². The van der Waals surface area contributed by atoms with Crippen molar-refractivity contribution in [2.24, 2.45) is 7.05 Å². The molecule has 0 aliphatic carbocycles. The monoisotopic (exact) mass is 435 g/mol. The van der Waals surface area contributed by atoms with E-state index in [-0.39, 0.29) is 17.7 Å². The van der Waals surface area contributed by atoms with Crippen molar-refractivity contribution in [3.63, 3.8) is 0 Å². The Morgan fingerprint density at radius 2 is 1.53 bits per heavy atom. The standard InChI is InChI=1S/C23H25N5O4/c1-27-15-20(23(26-27)31-2)22(30)25-17-5-3-16(4-6-17)21(29)24-18-7-9-19(10-8-18)28-11-13-32-14-12-28/h3-10,15H,11-14H2,1-2H3,(H,24,29)(H,25,30). The molecule has 9 heteroatoms. The van der Waals surface area contributed by atoms with Gasteiger partial charge in [0, 0.05) is 49.0 Å². The molecule has 1 aliphatic rings. The van der Waals surface area contributed by atoms with Crippen molar-refractivity contribution in [3.05, 3.63) is 65.9 Å². The molecule has 0 saturated carbocycles. The van der Waals surface area contributed by atoms with E-state index in [1.54, 1.807) is 37.5 Å². The van der Waals surface area contributed by atoms with Crippen molar-refractivity contribution in [3.8, 4) is 5.88 Å². The third kappa shape index (κ3) is 4.89. The summed E-state index contributed by atoms with van der Waals surface area (Å²) in [6, 6.07) is 14.4. The number of methoxy groups -OCH3 is 1. The number of hydrogen-bond donors (Lipinski definition) is 2. The maximum absolute atomic E-state index is 12.6. The van der Waals surface area contributed by atoms with Crippen molar-refractivity contribution < 1.29 is 19.1 Å². The molecule has 9 nitrogen and oxygen atoms in total. The van der Waals surface area contributed by atoms with Crippen LogP contribution in [0, 0.1) is 0 Å². The lowest BCUT2D eigenvalue weighted by atomic mass is 10.1. The topological polar surface area (TPSA) is 97.7 Å². The molecule has 0 spiro atoms. The fourth-order valence-corrected chi connectivity index (χ4v) is 3.46. The highest BCUT2D eigenvalue weighted by molar-refractivity contribution is 6.07. The summed E-state index contributed by atoms with van der Waals surface area (Å²) >= 11 is 0. The number of hydrogen-bond acceptors (Lipinski definition) is 6. The average molecular weight is 435 g/mol. The molecule has 166 valence electrons. The number of nitrogens with one attached hydrogen (secondary N) is 2. The maximum atomic E-state index is 12.6. The summed E-state index contributed by atoms with van der Waals surface area (Å²) < 4.78 is 12.0. The number of morpholine rings is 1. The van der Waals surface area contributed by atoms with E-state index in [1.807, 2.05) is 24.3 Å². The molecular formula is C23H25N5O4. The van der Waals surface area contributed by atoms with E-state index in [2.05, 4.69) is 20.6 Å². The summed E-state index contributed by atoms with van der Waals surface area (Å²) in [5.74, 6) is -0.316. The molecule has 2 aromatic carbocycles. The lowest BCUT2D eigenvalue weighted by Crippen LogP contribution is -2.36. The molecule has 1 saturated heterocycles. The zero-order valence-corrected chi connectivity index (χ0v) is 18.0. The van der Waals surface area contributed by atoms with Gasteiger partial charge in [0.2, 0.25) is 5.88 Å². The van der Waals surface area contributed by atoms with E-state index in [0.29, 0.717) is 22.5 Å². The SMILES string of the molecule is COc1nn(C)cc1C(=O)Nc1ccc(C(=O)Nc2ccc(N3CCOCC3)cc2)cc1. The summed E-state index contributed by atoms with van der Waals surface area (Å²) in [5.41, 5.74) is 3.20. The van der Waals surface area contributed by atoms with Gasteiger partial charge in [0.15, 0.2) is 0 Å². The van der Waals surface area contributed by atoms with Crippen LogP contribution < -0.4 is 20.3 Å². The van der Waals surface area contributed by atoms with Crippen molar-refractivity contribution in [2.45, 2.75) is 0 Å². The van der Waals surface area contributed by atoms with Crippen LogP contribution in [0.1, 0.15) is 20.7 Å². The first-order valence-electron chi connectivity index (χ1n) is 10.3. The Labute approximate surface area is 185 Å². The second-order valence-corrected chi connectivity index (χ2v) is 7.36. The van der Waals surface area contributed by atoms with Crippen LogP contribution in [0.2, 0.25) is 0 Å². The number of carbonyl (C=O) groups excluding carboxylic acids is 2. The van der Waals surface area contributed by atoms with Gasteiger partial charge in [-0.2, -0.15) is 0 Å². The van der Waals surface area contributed by atoms with E-state index in [0.717, 1.165) is 32.0 Å². The molecule has 4 rings (SSSR count). The first-order valence-corrected chi connectivity index (χ1v) is 10.3. The van der Waals surface area contributed by atoms with Crippen LogP contribution in [0.25, 0.3) is 0 Å². The fourth-order valence-electron chi connectivity index (χ4n) is 3.46. The molecular weight excluding hydrogens is 410 g/mol. The minimum absolute atomic E-state index is 0.226. The number of benzene rings is 2. The number of anilines is 3. The van der Waals surface area contributed by atoms with Gasteiger partial charge in [-0.25, -0.2) is 0 Å². The Balaban J connectivity index is 1.36. The van der Waals surface area contributed by atoms with Crippen LogP contribution in [0.15, 0.2) is 54.7 Å². The van der Waals surface area contributed by atoms with Gasteiger partial charge in [0.1, 0.15) is 5.56 Å². The Bertz CT molecular complexity index is 1090. The molecule has 2 N–H and O–H groups in total. The third-order valence-electron chi connectivity index (χ3n) is 5.14. The zero-order valence-electron chi connectivity index (χ0n) is 18.0. The predicted molar refractivity (Wildman–Crippen MR) is 122 cm³/mol. The number of carbonyl (C=O) groups is 2. The van der Waals surface area contributed by atoms with E-state index in [1.165, 1.54) is 11.8 Å². The average Bonchev–Trinajstić information content (AvgIpc) is 3.21. The Hall–Kier alpha value is -3.85. The third-order valence-corrected chi connectivity index (χ3v) is 5.14. The van der Waals surface area contributed by atoms with Crippen LogP contribution in [0.5, 0.6) is 5.88 Å². The molecule has 2 amide bonds. The minimum atomic E-state index is -0.340. The molecule has 1 aliphatic heterocycles. The van der Waals surface area contributed by atoms with Crippen LogP contribution in [0.3, 0.4) is 0 Å². The summed E-state index contributed by atoms with van der Waals surface area (Å²) in [4.78, 5) is 27.3. The molecule has 0 unspecified atom stereocenters. The summed E-state index contributed by atoms with van der Waals surface area (Å²) in [6.45, 7) is 3.18. The Morgan fingerprint density at radius 1 is 0.938 bits per heavy atom. The number of aromatic nitrogens is 2. The molecule has 0 atom stereocenters. The van der Waals surface area contributed by atoms with Crippen molar-refractivity contribution >= 4 is 28.9 Å². The second-order valence-electron chi connectivity index (χ2n) is 7.36. The number of aryl methyl sites for hydroxylation is 1. The van der Waals surface area contributed by atoms with Crippen molar-refractivity contribution in [2.75, 3.05) is 48.9 Å². The Kier molecular flexibility index (Phi) is 6.37. The van der Waals surface area contributed by atoms with Crippen molar-refractivity contribution in [1.29, 1.82) is 0 Å². The van der Waals surface area contributed by atoms with Gasteiger partial charge in [-0.3, -0.25) is 14.3 Å². The van der Waals surface area contributed by atoms with E-state index >= 15 is 0 Å². The second kappa shape index (κ2) is 9.52. The van der Waals surface area contributed by atoms with E-state index < -0.39 is 0 Å². The summed E-state index contributed by atoms with van der Waals surface area (Å²) in [6.07, 6.45) is 1.58. The maximum Gasteiger partial charge on any atom is 0.262 e. The van der Waals surface area contributed by atoms with Gasteiger partial charge in [-0.15, -0.1) is 5.10 Å². The van der Waals surface area contributed by atoms with E-state index in [9.17, 15) is 9.59 Å². The van der Waals surface area contributed by atoms with Gasteiger partial charge in [0.25, 0.3) is 11.8 Å². The minimum Gasteiger partial charge on any atom is -0.479 e. The molecule has 2 heterocycles. The molecule has 0 bridgehead atoms. The van der Waals surface area contributed by atoms with Gasteiger partial charge in [-0.05, 0) is 48.5 Å². The fraction of sp³-hybridized carbons (Fsp3) is 0.261. The number of amides is 2. The van der Waals surface area contributed by atoms with Crippen LogP contribution in [0.4, 0.5) is 17.1 Å². The van der Waals surface area contributed by atoms with Gasteiger partial charge in [-0.1, -0.05) is 0 Å². The van der Waals surface area contributed by atoms with E-state index in [4.69, 9.17) is 9.47 Å². The van der Waals surface area contributed by atoms with Crippen LogP contribution in [-0.4, -0.2) is 55.0 Å². The molecule has 32 heavy (non-hydrogen) atoms. The van der Waals surface area contributed by atoms with Crippen molar-refractivity contribution in [1.82, 2.24) is 9.78 Å². The number of ether oxygens (including phenoxy) is 2. The largest absolute Gasteiger partial charge is 0.479 e. The molecule has 1 aromatic heterocycles. The summed E-state index contributed by atoms with van der Waals surface area (Å²) in [5, 5.41) is 9.75. The highest BCUT2D eigenvalue weighted by Gasteiger charge is 2.17. The Morgan fingerprint density at radius 3 is 2.16 bits per heavy atom. The van der Waals surface area contributed by atoms with Gasteiger partial charge in [0.05, 0.1) is 20.3 Å². The number of nitrogens with zero attached hydrogens (tertiary/aromatic N) is 3. The summed E-state index contributed by atoms with van der Waals surface area (Å²) in [7, 11) is 3.17. The lowest BCUT2D eigenvalue weighted by Gasteiger charge is -2.28. The smallest absolute Gasteiger partial charge is 0.262 e. The van der Waals surface area contributed by atoms with Crippen LogP contribution >= 0.6 is 0 Å². The lowest BCUT2D eigenvalue weighted by molar-refractivity contribution is 0.101. The molecule has 0 radical (unpaired) electrons. The first kappa shape index (κ1) is 21.4. The highest BCUT2D eigenvalue weighted by atomic mass is 16.5. The normalized spacial score (nSPS) is 13.5. The van der Waals surface area contributed by atoms with Gasteiger partial charge < -0.3 is 25.0 Å². The predicted octanol–water partition coefficient (Wildman–Crippen LogP) is 2.77. The highest BCUT2D eigenvalue weighted by Crippen LogP contribution is 2.21. The molecule has 3 aromatic rings. The molecule has 1 fully saturated rings. The number of rotatable bonds is 6. The van der Waals surface area contributed by atoms with Crippen LogP contribution in [-0.2, 0) is 11.8 Å².